The molecule has 1 amide bonds. The highest BCUT2D eigenvalue weighted by atomic mass is 32.1. The van der Waals surface area contributed by atoms with Crippen LogP contribution in [0.5, 0.6) is 0 Å². The number of carbonyl (C=O) groups excluding carboxylic acids is 1. The van der Waals surface area contributed by atoms with Crippen LogP contribution in [0.1, 0.15) is 65.9 Å². The third kappa shape index (κ3) is 3.58. The van der Waals surface area contributed by atoms with Crippen molar-refractivity contribution < 1.29 is 4.79 Å². The van der Waals surface area contributed by atoms with Gasteiger partial charge >= 0.3 is 0 Å². The van der Waals surface area contributed by atoms with E-state index in [4.69, 9.17) is 0 Å². The lowest BCUT2D eigenvalue weighted by Crippen LogP contribution is -2.33. The Kier molecular flexibility index (Phi) is 4.90. The summed E-state index contributed by atoms with van der Waals surface area (Å²) in [6.07, 6.45) is 0. The number of aromatic amines is 1. The van der Waals surface area contributed by atoms with Gasteiger partial charge in [0, 0.05) is 4.88 Å². The first-order valence-corrected chi connectivity index (χ1v) is 9.41. The van der Waals surface area contributed by atoms with Gasteiger partial charge in [-0.15, -0.1) is 11.3 Å². The zero-order valence-corrected chi connectivity index (χ0v) is 16.1. The molecular weight excluding hydrogens is 332 g/mol. The van der Waals surface area contributed by atoms with Crippen LogP contribution in [0.2, 0.25) is 0 Å². The van der Waals surface area contributed by atoms with Gasteiger partial charge in [-0.2, -0.15) is 0 Å². The number of thiazole rings is 1. The molecule has 2 N–H and O–H groups in total. The zero-order valence-electron chi connectivity index (χ0n) is 15.3. The number of para-hydroxylation sites is 2. The first-order valence-electron chi connectivity index (χ1n) is 8.59. The van der Waals surface area contributed by atoms with Crippen molar-refractivity contribution in [2.75, 3.05) is 0 Å². The minimum absolute atomic E-state index is 0.132. The summed E-state index contributed by atoms with van der Waals surface area (Å²) < 4.78 is 0. The number of rotatable bonds is 5. The largest absolute Gasteiger partial charge is 0.340 e. The molecule has 0 spiro atoms. The van der Waals surface area contributed by atoms with E-state index in [2.05, 4.69) is 48.0 Å². The molecule has 0 saturated heterocycles. The lowest BCUT2D eigenvalue weighted by atomic mass is 10.0. The maximum atomic E-state index is 12.9. The predicted molar refractivity (Wildman–Crippen MR) is 102 cm³/mol. The number of aryl methyl sites for hydroxylation is 1. The second kappa shape index (κ2) is 6.96. The third-order valence-electron chi connectivity index (χ3n) is 4.16. The van der Waals surface area contributed by atoms with E-state index < -0.39 is 0 Å². The molecule has 25 heavy (non-hydrogen) atoms. The standard InChI is InChI=1S/C19H24N4OS/c1-10(2)15(18-21-13-8-6-7-9-14(13)22-18)23-19(24)16-17(11(3)4)25-12(5)20-16/h6-11,15H,1-5H3,(H,21,22)(H,23,24)/t15-/m0/s1. The van der Waals surface area contributed by atoms with E-state index in [9.17, 15) is 4.79 Å². The van der Waals surface area contributed by atoms with Crippen LogP contribution in [0.25, 0.3) is 11.0 Å². The number of nitrogens with zero attached hydrogens (tertiary/aromatic N) is 2. The predicted octanol–water partition coefficient (Wildman–Crippen LogP) is 4.58. The van der Waals surface area contributed by atoms with Gasteiger partial charge in [-0.25, -0.2) is 9.97 Å². The van der Waals surface area contributed by atoms with Crippen molar-refractivity contribution in [3.05, 3.63) is 45.7 Å². The summed E-state index contributed by atoms with van der Waals surface area (Å²) >= 11 is 1.59. The van der Waals surface area contributed by atoms with E-state index in [1.165, 1.54) is 0 Å². The Morgan fingerprint density at radius 1 is 1.16 bits per heavy atom. The fourth-order valence-electron chi connectivity index (χ4n) is 2.88. The Bertz CT molecular complexity index is 861. The number of nitrogens with one attached hydrogen (secondary N) is 2. The Labute approximate surface area is 151 Å². The molecule has 0 radical (unpaired) electrons. The Balaban J connectivity index is 1.91. The van der Waals surface area contributed by atoms with Crippen LogP contribution >= 0.6 is 11.3 Å². The van der Waals surface area contributed by atoms with Crippen LogP contribution in [0, 0.1) is 12.8 Å². The van der Waals surface area contributed by atoms with E-state index in [1.807, 2.05) is 31.2 Å². The fourth-order valence-corrected chi connectivity index (χ4v) is 3.80. The molecule has 3 aromatic rings. The van der Waals surface area contributed by atoms with Gasteiger partial charge in [0.2, 0.25) is 0 Å². The average Bonchev–Trinajstić information content (AvgIpc) is 3.15. The summed E-state index contributed by atoms with van der Waals surface area (Å²) in [5.41, 5.74) is 2.42. The molecule has 1 atom stereocenters. The SMILES string of the molecule is Cc1nc(C(=O)N[C@H](c2nc3ccccc3[nH]2)C(C)C)c(C(C)C)s1. The third-order valence-corrected chi connectivity index (χ3v) is 5.43. The molecule has 2 aromatic heterocycles. The zero-order chi connectivity index (χ0) is 18.1. The quantitative estimate of drug-likeness (QED) is 0.703. The molecule has 3 rings (SSSR count). The van der Waals surface area contributed by atoms with Crippen LogP contribution in [-0.4, -0.2) is 20.9 Å². The lowest BCUT2D eigenvalue weighted by molar-refractivity contribution is 0.0917. The number of amides is 1. The van der Waals surface area contributed by atoms with Crippen molar-refractivity contribution in [3.63, 3.8) is 0 Å². The van der Waals surface area contributed by atoms with Crippen molar-refractivity contribution >= 4 is 28.3 Å². The average molecular weight is 356 g/mol. The first-order chi connectivity index (χ1) is 11.9. The van der Waals surface area contributed by atoms with Gasteiger partial charge < -0.3 is 10.3 Å². The number of benzene rings is 1. The number of H-pyrrole nitrogens is 1. The second-order valence-corrected chi connectivity index (χ2v) is 8.17. The molecular formula is C19H24N4OS. The van der Waals surface area contributed by atoms with Crippen LogP contribution in [0.15, 0.2) is 24.3 Å². The molecule has 0 aliphatic carbocycles. The maximum absolute atomic E-state index is 12.9. The molecule has 132 valence electrons. The summed E-state index contributed by atoms with van der Waals surface area (Å²) in [5.74, 6) is 1.12. The van der Waals surface area contributed by atoms with Crippen molar-refractivity contribution in [1.29, 1.82) is 0 Å². The highest BCUT2D eigenvalue weighted by Crippen LogP contribution is 2.28. The van der Waals surface area contributed by atoms with Crippen molar-refractivity contribution in [2.45, 2.75) is 46.6 Å². The van der Waals surface area contributed by atoms with Gasteiger partial charge in [-0.1, -0.05) is 39.8 Å². The topological polar surface area (TPSA) is 70.7 Å². The maximum Gasteiger partial charge on any atom is 0.271 e. The van der Waals surface area contributed by atoms with Gasteiger partial charge in [0.25, 0.3) is 5.91 Å². The Morgan fingerprint density at radius 3 is 2.52 bits per heavy atom. The Hall–Kier alpha value is -2.21. The van der Waals surface area contributed by atoms with Crippen LogP contribution < -0.4 is 5.32 Å². The lowest BCUT2D eigenvalue weighted by Gasteiger charge is -2.20. The summed E-state index contributed by atoms with van der Waals surface area (Å²) in [6.45, 7) is 10.3. The summed E-state index contributed by atoms with van der Waals surface area (Å²) in [6, 6.07) is 7.70. The monoisotopic (exact) mass is 356 g/mol. The van der Waals surface area contributed by atoms with E-state index in [0.29, 0.717) is 5.69 Å². The number of hydrogen-bond acceptors (Lipinski definition) is 4. The van der Waals surface area contributed by atoms with E-state index >= 15 is 0 Å². The van der Waals surface area contributed by atoms with Gasteiger partial charge in [0.15, 0.2) is 0 Å². The number of imidazole rings is 1. The van der Waals surface area contributed by atoms with Crippen LogP contribution in [0.3, 0.4) is 0 Å². The van der Waals surface area contributed by atoms with Gasteiger partial charge in [0.1, 0.15) is 11.5 Å². The van der Waals surface area contributed by atoms with Crippen molar-refractivity contribution in [1.82, 2.24) is 20.3 Å². The van der Waals surface area contributed by atoms with E-state index in [0.717, 1.165) is 26.7 Å². The van der Waals surface area contributed by atoms with Gasteiger partial charge in [0.05, 0.1) is 22.1 Å². The molecule has 0 aliphatic heterocycles. The molecule has 0 fully saturated rings. The molecule has 5 nitrogen and oxygen atoms in total. The van der Waals surface area contributed by atoms with E-state index in [-0.39, 0.29) is 23.8 Å². The summed E-state index contributed by atoms with van der Waals surface area (Å²) in [4.78, 5) is 26.4. The van der Waals surface area contributed by atoms with Gasteiger partial charge in [-0.3, -0.25) is 4.79 Å². The number of carbonyl (C=O) groups is 1. The molecule has 0 bridgehead atoms. The summed E-state index contributed by atoms with van der Waals surface area (Å²) in [7, 11) is 0. The fraction of sp³-hybridized carbons (Fsp3) is 0.421. The highest BCUT2D eigenvalue weighted by Gasteiger charge is 2.26. The van der Waals surface area contributed by atoms with Crippen molar-refractivity contribution in [3.8, 4) is 0 Å². The number of hydrogen-bond donors (Lipinski definition) is 2. The minimum Gasteiger partial charge on any atom is -0.340 e. The van der Waals surface area contributed by atoms with Crippen LogP contribution in [0.4, 0.5) is 0 Å². The first kappa shape index (κ1) is 17.6. The molecule has 2 heterocycles. The smallest absolute Gasteiger partial charge is 0.271 e. The second-order valence-electron chi connectivity index (χ2n) is 6.93. The van der Waals surface area contributed by atoms with Crippen LogP contribution in [-0.2, 0) is 0 Å². The van der Waals surface area contributed by atoms with Gasteiger partial charge in [-0.05, 0) is 30.9 Å². The minimum atomic E-state index is -0.193. The molecule has 1 aromatic carbocycles. The number of aromatic nitrogens is 3. The summed E-state index contributed by atoms with van der Waals surface area (Å²) in [5, 5.41) is 4.05. The van der Waals surface area contributed by atoms with Crippen molar-refractivity contribution in [2.24, 2.45) is 5.92 Å². The normalized spacial score (nSPS) is 12.9. The highest BCUT2D eigenvalue weighted by molar-refractivity contribution is 7.12. The molecule has 0 unspecified atom stereocenters. The Morgan fingerprint density at radius 2 is 1.88 bits per heavy atom. The molecule has 0 saturated carbocycles. The molecule has 6 heteroatoms. The molecule has 0 aliphatic rings. The van der Waals surface area contributed by atoms with E-state index in [1.54, 1.807) is 11.3 Å². The number of fused-ring (bicyclic) bond motifs is 1.